The van der Waals surface area contributed by atoms with Gasteiger partial charge in [-0.15, -0.1) is 0 Å². The number of non-ortho nitro benzene ring substituents is 2. The molecule has 0 aliphatic heterocycles. The molecule has 0 aromatic heterocycles. The van der Waals surface area contributed by atoms with Crippen molar-refractivity contribution in [3.8, 4) is 22.3 Å². The van der Waals surface area contributed by atoms with Crippen LogP contribution in [-0.4, -0.2) is 20.7 Å². The number of aliphatic hydroxyl groups excluding tert-OH is 1. The van der Waals surface area contributed by atoms with E-state index in [4.69, 9.17) is 0 Å². The Morgan fingerprint density at radius 3 is 1.88 bits per heavy atom. The van der Waals surface area contributed by atoms with Crippen molar-refractivity contribution in [2.24, 2.45) is 4.99 Å². The van der Waals surface area contributed by atoms with Gasteiger partial charge in [0.05, 0.1) is 33.9 Å². The zero-order valence-electron chi connectivity index (χ0n) is 17.7. The summed E-state index contributed by atoms with van der Waals surface area (Å²) >= 11 is 0. The molecule has 0 heterocycles. The maximum atomic E-state index is 11.3. The summed E-state index contributed by atoms with van der Waals surface area (Å²) < 4.78 is 0. The van der Waals surface area contributed by atoms with Gasteiger partial charge in [-0.1, -0.05) is 60.7 Å². The molecule has 0 amide bonds. The van der Waals surface area contributed by atoms with Crippen molar-refractivity contribution >= 4 is 22.8 Å². The fraction of sp³-hybridized carbons (Fsp3) is 0.0385. The van der Waals surface area contributed by atoms with E-state index in [9.17, 15) is 25.3 Å². The van der Waals surface area contributed by atoms with E-state index >= 15 is 0 Å². The van der Waals surface area contributed by atoms with Crippen LogP contribution >= 0.6 is 0 Å². The van der Waals surface area contributed by atoms with Crippen molar-refractivity contribution in [2.75, 3.05) is 0 Å². The van der Waals surface area contributed by atoms with Gasteiger partial charge < -0.3 is 5.11 Å². The molecule has 0 radical (unpaired) electrons. The predicted octanol–water partition coefficient (Wildman–Crippen LogP) is 5.81. The third-order valence-corrected chi connectivity index (χ3v) is 5.77. The maximum Gasteiger partial charge on any atom is 0.278 e. The second kappa shape index (κ2) is 8.34. The van der Waals surface area contributed by atoms with Crippen LogP contribution in [0.2, 0.25) is 0 Å². The standard InChI is InChI=1S/C26H17N3O5/c30-15-16-5-7-17(8-6-16)18-9-10-23-22-3-1-2-4-24(22)26(25(23)11-18)27-19-12-20(28(31)32)14-21(13-19)29(33)34/h1-14,30H,15H2/b27-26+. The minimum Gasteiger partial charge on any atom is -0.392 e. The van der Waals surface area contributed by atoms with E-state index in [2.05, 4.69) is 4.99 Å². The van der Waals surface area contributed by atoms with Gasteiger partial charge in [-0.2, -0.15) is 0 Å². The summed E-state index contributed by atoms with van der Waals surface area (Å²) in [6.07, 6.45) is 0. The Bertz CT molecular complexity index is 1460. The van der Waals surface area contributed by atoms with Gasteiger partial charge >= 0.3 is 0 Å². The lowest BCUT2D eigenvalue weighted by molar-refractivity contribution is -0.394. The van der Waals surface area contributed by atoms with E-state index in [1.54, 1.807) is 0 Å². The molecule has 0 saturated heterocycles. The summed E-state index contributed by atoms with van der Waals surface area (Å²) in [5, 5.41) is 32.0. The lowest BCUT2D eigenvalue weighted by Gasteiger charge is -2.08. The Morgan fingerprint density at radius 1 is 0.676 bits per heavy atom. The van der Waals surface area contributed by atoms with Crippen LogP contribution in [0.15, 0.2) is 89.9 Å². The topological polar surface area (TPSA) is 119 Å². The fourth-order valence-electron chi connectivity index (χ4n) is 4.13. The van der Waals surface area contributed by atoms with Crippen molar-refractivity contribution in [3.05, 3.63) is 122 Å². The number of hydrogen-bond donors (Lipinski definition) is 1. The second-order valence-electron chi connectivity index (χ2n) is 7.84. The zero-order valence-corrected chi connectivity index (χ0v) is 17.7. The molecule has 0 fully saturated rings. The number of aliphatic hydroxyl groups is 1. The third kappa shape index (κ3) is 3.72. The lowest BCUT2D eigenvalue weighted by atomic mass is 9.98. The molecule has 5 rings (SSSR count). The Balaban J connectivity index is 1.69. The average molecular weight is 451 g/mol. The highest BCUT2D eigenvalue weighted by Gasteiger charge is 2.26. The number of rotatable bonds is 5. The maximum absolute atomic E-state index is 11.3. The van der Waals surface area contributed by atoms with Crippen molar-refractivity contribution < 1.29 is 15.0 Å². The zero-order chi connectivity index (χ0) is 23.8. The molecule has 4 aromatic rings. The molecule has 0 bridgehead atoms. The monoisotopic (exact) mass is 451 g/mol. The molecule has 1 aliphatic carbocycles. The summed E-state index contributed by atoms with van der Waals surface area (Å²) in [5.74, 6) is 0. The largest absolute Gasteiger partial charge is 0.392 e. The Labute approximate surface area is 193 Å². The molecule has 1 aliphatic rings. The van der Waals surface area contributed by atoms with Crippen LogP contribution in [-0.2, 0) is 6.61 Å². The number of benzene rings is 4. The summed E-state index contributed by atoms with van der Waals surface area (Å²) in [5.41, 5.74) is 6.27. The van der Waals surface area contributed by atoms with Gasteiger partial charge in [0.25, 0.3) is 11.4 Å². The van der Waals surface area contributed by atoms with Crippen molar-refractivity contribution in [1.82, 2.24) is 0 Å². The third-order valence-electron chi connectivity index (χ3n) is 5.77. The molecule has 8 nitrogen and oxygen atoms in total. The van der Waals surface area contributed by atoms with Crippen molar-refractivity contribution in [1.29, 1.82) is 0 Å². The van der Waals surface area contributed by atoms with E-state index in [0.717, 1.165) is 45.0 Å². The first-order valence-corrected chi connectivity index (χ1v) is 10.4. The molecule has 0 unspecified atom stereocenters. The molecule has 0 atom stereocenters. The number of nitro groups is 2. The quantitative estimate of drug-likeness (QED) is 0.267. The number of fused-ring (bicyclic) bond motifs is 3. The number of hydrogen-bond acceptors (Lipinski definition) is 6. The summed E-state index contributed by atoms with van der Waals surface area (Å²) in [6, 6.07) is 24.6. The molecule has 1 N–H and O–H groups in total. The van der Waals surface area contributed by atoms with E-state index in [0.29, 0.717) is 5.71 Å². The molecular formula is C26H17N3O5. The Kier molecular flexibility index (Phi) is 5.19. The first kappa shape index (κ1) is 21.2. The molecule has 0 saturated carbocycles. The molecule has 0 spiro atoms. The molecular weight excluding hydrogens is 434 g/mol. The van der Waals surface area contributed by atoms with Crippen LogP contribution < -0.4 is 0 Å². The summed E-state index contributed by atoms with van der Waals surface area (Å²) in [6.45, 7) is -0.0358. The first-order valence-electron chi connectivity index (χ1n) is 10.4. The van der Waals surface area contributed by atoms with E-state index < -0.39 is 21.2 Å². The van der Waals surface area contributed by atoms with Crippen LogP contribution in [0.25, 0.3) is 22.3 Å². The number of nitro benzene ring substituents is 2. The SMILES string of the molecule is O=[N+]([O-])c1cc(/N=C2\c3ccccc3-c3ccc(-c4ccc(CO)cc4)cc32)cc([N+](=O)[O-])c1. The minimum absolute atomic E-state index is 0.0358. The first-order chi connectivity index (χ1) is 16.4. The van der Waals surface area contributed by atoms with Gasteiger partial charge in [0, 0.05) is 23.3 Å². The predicted molar refractivity (Wildman–Crippen MR) is 128 cm³/mol. The fourth-order valence-corrected chi connectivity index (χ4v) is 4.13. The van der Waals surface area contributed by atoms with Gasteiger partial charge in [0.2, 0.25) is 0 Å². The summed E-state index contributed by atoms with van der Waals surface area (Å²) in [4.78, 5) is 26.0. The highest BCUT2D eigenvalue weighted by molar-refractivity contribution is 6.25. The van der Waals surface area contributed by atoms with Gasteiger partial charge in [0.15, 0.2) is 0 Å². The second-order valence-corrected chi connectivity index (χ2v) is 7.84. The van der Waals surface area contributed by atoms with Crippen LogP contribution in [0, 0.1) is 20.2 Å². The summed E-state index contributed by atoms with van der Waals surface area (Å²) in [7, 11) is 0. The van der Waals surface area contributed by atoms with Crippen molar-refractivity contribution in [3.63, 3.8) is 0 Å². The van der Waals surface area contributed by atoms with Crippen LogP contribution in [0.3, 0.4) is 0 Å². The number of nitrogens with zero attached hydrogens (tertiary/aromatic N) is 3. The highest BCUT2D eigenvalue weighted by Crippen LogP contribution is 2.40. The normalized spacial score (nSPS) is 12.9. The molecule has 4 aromatic carbocycles. The van der Waals surface area contributed by atoms with Gasteiger partial charge in [-0.25, -0.2) is 4.99 Å². The molecule has 34 heavy (non-hydrogen) atoms. The van der Waals surface area contributed by atoms with Crippen LogP contribution in [0.1, 0.15) is 16.7 Å². The van der Waals surface area contributed by atoms with E-state index in [1.165, 1.54) is 12.1 Å². The highest BCUT2D eigenvalue weighted by atomic mass is 16.6. The lowest BCUT2D eigenvalue weighted by Crippen LogP contribution is -1.99. The van der Waals surface area contributed by atoms with Gasteiger partial charge in [0.1, 0.15) is 0 Å². The van der Waals surface area contributed by atoms with Gasteiger partial charge in [-0.3, -0.25) is 20.2 Å². The van der Waals surface area contributed by atoms with Crippen LogP contribution in [0.5, 0.6) is 0 Å². The Morgan fingerprint density at radius 2 is 1.26 bits per heavy atom. The molecule has 8 heteroatoms. The van der Waals surface area contributed by atoms with E-state index in [1.807, 2.05) is 66.7 Å². The smallest absolute Gasteiger partial charge is 0.278 e. The van der Waals surface area contributed by atoms with Crippen molar-refractivity contribution in [2.45, 2.75) is 6.61 Å². The minimum atomic E-state index is -0.665. The van der Waals surface area contributed by atoms with Crippen LogP contribution in [0.4, 0.5) is 17.1 Å². The average Bonchev–Trinajstić information content (AvgIpc) is 3.16. The van der Waals surface area contributed by atoms with Gasteiger partial charge in [-0.05, 0) is 33.9 Å². The molecule has 166 valence electrons. The van der Waals surface area contributed by atoms with E-state index in [-0.39, 0.29) is 12.3 Å². The Hall–Kier alpha value is -4.69. The number of aliphatic imine (C=N–C) groups is 1.